The first kappa shape index (κ1) is 15.0. The van der Waals surface area contributed by atoms with Crippen LogP contribution in [0.1, 0.15) is 40.0 Å². The monoisotopic (exact) mass is 229 g/mol. The Kier molecular flexibility index (Phi) is 10.6. The van der Waals surface area contributed by atoms with Gasteiger partial charge >= 0.3 is 0 Å². The molecule has 0 aromatic heterocycles. The molecule has 0 fully saturated rings. The van der Waals surface area contributed by atoms with Crippen LogP contribution < -0.4 is 5.32 Å². The molecule has 0 aromatic carbocycles. The molecule has 0 aliphatic carbocycles. The van der Waals surface area contributed by atoms with E-state index in [1.807, 2.05) is 6.08 Å². The molecule has 0 saturated heterocycles. The van der Waals surface area contributed by atoms with Crippen molar-refractivity contribution in [3.05, 3.63) is 12.7 Å². The highest BCUT2D eigenvalue weighted by Gasteiger charge is 2.06. The van der Waals surface area contributed by atoms with Gasteiger partial charge in [0, 0.05) is 11.8 Å². The number of thioether (sulfide) groups is 1. The molecule has 1 nitrogen and oxygen atoms in total. The maximum atomic E-state index is 3.79. The summed E-state index contributed by atoms with van der Waals surface area (Å²) in [5.74, 6) is 3.32. The Bertz CT molecular complexity index is 145. The second-order valence-corrected chi connectivity index (χ2v) is 5.52. The molecule has 1 atom stereocenters. The van der Waals surface area contributed by atoms with Crippen molar-refractivity contribution in [2.75, 3.05) is 18.1 Å². The summed E-state index contributed by atoms with van der Waals surface area (Å²) in [6.07, 6.45) is 5.60. The van der Waals surface area contributed by atoms with Crippen molar-refractivity contribution in [2.45, 2.75) is 46.1 Å². The van der Waals surface area contributed by atoms with Crippen molar-refractivity contribution in [3.63, 3.8) is 0 Å². The third kappa shape index (κ3) is 10.3. The van der Waals surface area contributed by atoms with Crippen molar-refractivity contribution in [2.24, 2.45) is 5.92 Å². The Morgan fingerprint density at radius 3 is 2.60 bits per heavy atom. The Balaban J connectivity index is 3.63. The van der Waals surface area contributed by atoms with Crippen LogP contribution in [0.5, 0.6) is 0 Å². The van der Waals surface area contributed by atoms with Gasteiger partial charge in [0.25, 0.3) is 0 Å². The smallest absolute Gasteiger partial charge is 0.0161 e. The van der Waals surface area contributed by atoms with Crippen LogP contribution in [-0.2, 0) is 0 Å². The molecule has 0 amide bonds. The summed E-state index contributed by atoms with van der Waals surface area (Å²) in [7, 11) is 0. The van der Waals surface area contributed by atoms with Crippen molar-refractivity contribution in [3.8, 4) is 0 Å². The third-order valence-corrected chi connectivity index (χ3v) is 3.71. The summed E-state index contributed by atoms with van der Waals surface area (Å²) in [5.41, 5.74) is 0. The van der Waals surface area contributed by atoms with E-state index in [0.29, 0.717) is 6.04 Å². The number of allylic oxidation sites excluding steroid dienone is 1. The highest BCUT2D eigenvalue weighted by molar-refractivity contribution is 7.99. The highest BCUT2D eigenvalue weighted by atomic mass is 32.2. The lowest BCUT2D eigenvalue weighted by Crippen LogP contribution is -2.32. The molecule has 1 N–H and O–H groups in total. The van der Waals surface area contributed by atoms with E-state index in [1.54, 1.807) is 0 Å². The van der Waals surface area contributed by atoms with Gasteiger partial charge in [-0.3, -0.25) is 0 Å². The molecule has 2 heteroatoms. The van der Waals surface area contributed by atoms with Gasteiger partial charge in [0.1, 0.15) is 0 Å². The van der Waals surface area contributed by atoms with Gasteiger partial charge in [0.2, 0.25) is 0 Å². The zero-order chi connectivity index (χ0) is 11.5. The van der Waals surface area contributed by atoms with Gasteiger partial charge in [-0.1, -0.05) is 26.8 Å². The van der Waals surface area contributed by atoms with Crippen LogP contribution in [0.3, 0.4) is 0 Å². The van der Waals surface area contributed by atoms with Gasteiger partial charge in [-0.05, 0) is 37.5 Å². The number of nitrogens with one attached hydrogen (secondary N) is 1. The van der Waals surface area contributed by atoms with E-state index < -0.39 is 0 Å². The number of hydrogen-bond donors (Lipinski definition) is 1. The Hall–Kier alpha value is 0.0500. The van der Waals surface area contributed by atoms with Crippen LogP contribution in [0.15, 0.2) is 12.7 Å². The Morgan fingerprint density at radius 1 is 1.33 bits per heavy atom. The summed E-state index contributed by atoms with van der Waals surface area (Å²) >= 11 is 2.07. The topological polar surface area (TPSA) is 12.0 Å². The van der Waals surface area contributed by atoms with Gasteiger partial charge in [-0.2, -0.15) is 11.8 Å². The molecule has 15 heavy (non-hydrogen) atoms. The summed E-state index contributed by atoms with van der Waals surface area (Å²) in [5, 5.41) is 3.61. The van der Waals surface area contributed by atoms with Gasteiger partial charge in [0.15, 0.2) is 0 Å². The molecular formula is C13H27NS. The minimum absolute atomic E-state index is 0.673. The normalized spacial score (nSPS) is 13.1. The fourth-order valence-corrected chi connectivity index (χ4v) is 2.53. The molecule has 0 aromatic rings. The molecular weight excluding hydrogens is 202 g/mol. The molecule has 0 heterocycles. The maximum Gasteiger partial charge on any atom is 0.0161 e. The van der Waals surface area contributed by atoms with E-state index in [2.05, 4.69) is 44.4 Å². The van der Waals surface area contributed by atoms with Crippen molar-refractivity contribution in [1.82, 2.24) is 5.32 Å². The average Bonchev–Trinajstić information content (AvgIpc) is 2.20. The first-order valence-corrected chi connectivity index (χ1v) is 7.28. The summed E-state index contributed by atoms with van der Waals surface area (Å²) in [6.45, 7) is 11.7. The molecule has 0 radical (unpaired) electrons. The zero-order valence-corrected chi connectivity index (χ0v) is 11.4. The van der Waals surface area contributed by atoms with Crippen LogP contribution in [0, 0.1) is 5.92 Å². The van der Waals surface area contributed by atoms with E-state index in [9.17, 15) is 0 Å². The first-order valence-electron chi connectivity index (χ1n) is 6.12. The minimum atomic E-state index is 0.673. The lowest BCUT2D eigenvalue weighted by molar-refractivity contribution is 0.523. The van der Waals surface area contributed by atoms with Gasteiger partial charge in [-0.15, -0.1) is 6.58 Å². The molecule has 0 aliphatic heterocycles. The van der Waals surface area contributed by atoms with Crippen LogP contribution in [0.4, 0.5) is 0 Å². The molecule has 0 spiro atoms. The van der Waals surface area contributed by atoms with Crippen LogP contribution in [-0.4, -0.2) is 24.1 Å². The van der Waals surface area contributed by atoms with Crippen molar-refractivity contribution in [1.29, 1.82) is 0 Å². The highest BCUT2D eigenvalue weighted by Crippen LogP contribution is 2.11. The predicted octanol–water partition coefficient (Wildman–Crippen LogP) is 3.71. The maximum absolute atomic E-state index is 3.79. The van der Waals surface area contributed by atoms with Crippen molar-refractivity contribution >= 4 is 11.8 Å². The fraction of sp³-hybridized carbons (Fsp3) is 0.846. The van der Waals surface area contributed by atoms with Crippen molar-refractivity contribution < 1.29 is 0 Å². The van der Waals surface area contributed by atoms with Gasteiger partial charge in [0.05, 0.1) is 0 Å². The predicted molar refractivity (Wildman–Crippen MR) is 73.7 cm³/mol. The quantitative estimate of drug-likeness (QED) is 0.573. The molecule has 1 unspecified atom stereocenters. The summed E-state index contributed by atoms with van der Waals surface area (Å²) in [6, 6.07) is 0.673. The fourth-order valence-electron chi connectivity index (χ4n) is 1.36. The van der Waals surface area contributed by atoms with Crippen LogP contribution in [0.25, 0.3) is 0 Å². The van der Waals surface area contributed by atoms with Crippen LogP contribution >= 0.6 is 11.8 Å². The molecule has 0 bridgehead atoms. The third-order valence-electron chi connectivity index (χ3n) is 2.17. The second-order valence-electron chi connectivity index (χ2n) is 4.45. The Morgan fingerprint density at radius 2 is 2.07 bits per heavy atom. The Labute approximate surface area is 100 Å². The van der Waals surface area contributed by atoms with Gasteiger partial charge in [-0.25, -0.2) is 0 Å². The van der Waals surface area contributed by atoms with E-state index in [0.717, 1.165) is 18.9 Å². The molecule has 0 saturated carbocycles. The van der Waals surface area contributed by atoms with E-state index in [-0.39, 0.29) is 0 Å². The first-order chi connectivity index (χ1) is 7.20. The largest absolute Gasteiger partial charge is 0.313 e. The minimum Gasteiger partial charge on any atom is -0.313 e. The zero-order valence-electron chi connectivity index (χ0n) is 10.6. The second kappa shape index (κ2) is 10.6. The number of rotatable bonds is 10. The summed E-state index contributed by atoms with van der Waals surface area (Å²) < 4.78 is 0. The summed E-state index contributed by atoms with van der Waals surface area (Å²) in [4.78, 5) is 0. The van der Waals surface area contributed by atoms with Crippen LogP contribution in [0.2, 0.25) is 0 Å². The van der Waals surface area contributed by atoms with Gasteiger partial charge < -0.3 is 5.32 Å². The molecule has 0 rings (SSSR count). The number of hydrogen-bond acceptors (Lipinski definition) is 2. The molecule has 90 valence electrons. The lowest BCUT2D eigenvalue weighted by Gasteiger charge is -2.17. The van der Waals surface area contributed by atoms with E-state index >= 15 is 0 Å². The van der Waals surface area contributed by atoms with E-state index in [4.69, 9.17) is 0 Å². The standard InChI is InChI=1S/C13H27NS/c1-5-7-8-13(14-9-6-2)11-15-10-12(3)4/h5,12-14H,1,6-11H2,2-4H3. The molecule has 0 aliphatic rings. The van der Waals surface area contributed by atoms with E-state index in [1.165, 1.54) is 24.3 Å². The SMILES string of the molecule is C=CCCC(CSCC(C)C)NCCC. The average molecular weight is 229 g/mol. The lowest BCUT2D eigenvalue weighted by atomic mass is 10.2.